The number of rotatable bonds is 6. The Bertz CT molecular complexity index is 1590. The summed E-state index contributed by atoms with van der Waals surface area (Å²) in [6.07, 6.45) is 7.36. The van der Waals surface area contributed by atoms with Crippen LogP contribution >= 0.6 is 43.5 Å². The van der Waals surface area contributed by atoms with Crippen LogP contribution in [0.5, 0.6) is 0 Å². The molecule has 3 aliphatic rings. The zero-order valence-electron chi connectivity index (χ0n) is 25.5. The highest BCUT2D eigenvalue weighted by Gasteiger charge is 2.37. The summed E-state index contributed by atoms with van der Waals surface area (Å²) in [5.41, 5.74) is 8.09. The van der Waals surface area contributed by atoms with E-state index in [9.17, 15) is 14.4 Å². The molecule has 1 N–H and O–H groups in total. The molecule has 0 saturated carbocycles. The van der Waals surface area contributed by atoms with Crippen molar-refractivity contribution in [2.75, 3.05) is 26.2 Å². The third-order valence-electron chi connectivity index (χ3n) is 9.59. The summed E-state index contributed by atoms with van der Waals surface area (Å²) in [6.45, 7) is 2.52. The number of hydrogen-bond donors (Lipinski definition) is 1. The van der Waals surface area contributed by atoms with Gasteiger partial charge in [-0.25, -0.2) is 5.48 Å². The van der Waals surface area contributed by atoms with Crippen molar-refractivity contribution in [2.45, 2.75) is 57.5 Å². The van der Waals surface area contributed by atoms with E-state index in [1.807, 2.05) is 47.5 Å². The first-order chi connectivity index (χ1) is 22.3. The van der Waals surface area contributed by atoms with Gasteiger partial charge in [0.2, 0.25) is 5.91 Å². The first-order valence-electron chi connectivity index (χ1n) is 15.9. The molecule has 2 fully saturated rings. The normalized spacial score (nSPS) is 18.8. The van der Waals surface area contributed by atoms with E-state index < -0.39 is 11.8 Å². The van der Waals surface area contributed by atoms with E-state index in [4.69, 9.17) is 21.4 Å². The van der Waals surface area contributed by atoms with Crippen molar-refractivity contribution in [3.63, 3.8) is 0 Å². The minimum atomic E-state index is -0.773. The van der Waals surface area contributed by atoms with Gasteiger partial charge >= 0.3 is 11.8 Å². The molecule has 0 bridgehead atoms. The lowest BCUT2D eigenvalue weighted by Gasteiger charge is -2.38. The third kappa shape index (κ3) is 7.67. The van der Waals surface area contributed by atoms with Gasteiger partial charge in [0, 0.05) is 58.7 Å². The van der Waals surface area contributed by atoms with Gasteiger partial charge in [-0.15, -0.1) is 0 Å². The van der Waals surface area contributed by atoms with Crippen molar-refractivity contribution in [2.24, 2.45) is 11.8 Å². The summed E-state index contributed by atoms with van der Waals surface area (Å²) in [5, 5.41) is 0.733. The second-order valence-corrected chi connectivity index (χ2v) is 14.7. The van der Waals surface area contributed by atoms with Gasteiger partial charge in [-0.3, -0.25) is 24.2 Å². The molecular weight excluding hydrogens is 736 g/mol. The van der Waals surface area contributed by atoms with Crippen LogP contribution in [-0.2, 0) is 38.7 Å². The maximum atomic E-state index is 13.4. The predicted octanol–water partition coefficient (Wildman–Crippen LogP) is 6.61. The molecule has 0 radical (unpaired) electrons. The largest absolute Gasteiger partial charge is 0.343 e. The summed E-state index contributed by atoms with van der Waals surface area (Å²) in [7, 11) is 0. The SMILES string of the molecule is O=C(NOCc1ccccc1)C(=O)N1CCC(CC(=O)N2CCC([C@H]3c4ncc(Br)cc4CCc4cc(Cl)cc(Br)c43)CC2)CC1. The number of piperidine rings is 2. The molecule has 3 heterocycles. The van der Waals surface area contributed by atoms with Gasteiger partial charge in [0.1, 0.15) is 0 Å². The highest BCUT2D eigenvalue weighted by molar-refractivity contribution is 9.10. The maximum Gasteiger partial charge on any atom is 0.333 e. The van der Waals surface area contributed by atoms with Crippen molar-refractivity contribution >= 4 is 61.2 Å². The zero-order valence-corrected chi connectivity index (χ0v) is 29.4. The summed E-state index contributed by atoms with van der Waals surface area (Å²) >= 11 is 13.9. The number of carbonyl (C=O) groups excluding carboxylic acids is 3. The smallest absolute Gasteiger partial charge is 0.333 e. The van der Waals surface area contributed by atoms with Gasteiger partial charge in [-0.2, -0.15) is 0 Å². The van der Waals surface area contributed by atoms with Gasteiger partial charge in [0.05, 0.1) is 12.3 Å². The number of aryl methyl sites for hydroxylation is 2. The molecule has 3 amide bonds. The lowest BCUT2D eigenvalue weighted by Crippen LogP contribution is -2.47. The quantitative estimate of drug-likeness (QED) is 0.225. The second-order valence-electron chi connectivity index (χ2n) is 12.5. The number of fused-ring (bicyclic) bond motifs is 2. The van der Waals surface area contributed by atoms with E-state index in [1.165, 1.54) is 16.7 Å². The van der Waals surface area contributed by atoms with Crippen LogP contribution in [0.4, 0.5) is 0 Å². The molecule has 11 heteroatoms. The fourth-order valence-electron chi connectivity index (χ4n) is 7.18. The standard InChI is InChI=1S/C35H37Br2ClN4O4/c36-27-17-26-7-6-25-18-28(38)19-29(37)31(25)32(33(26)39-20-27)24-10-14-41(15-11-24)30(43)16-22-8-12-42(13-9-22)35(45)34(44)40-46-21-23-4-2-1-3-5-23/h1-5,17-20,22,24,32H,6-16,21H2,(H,40,44)/t32-/m1/s1. The van der Waals surface area contributed by atoms with Gasteiger partial charge in [0.25, 0.3) is 0 Å². The summed E-state index contributed by atoms with van der Waals surface area (Å²) in [6, 6.07) is 15.7. The Morgan fingerprint density at radius 3 is 2.35 bits per heavy atom. The molecule has 46 heavy (non-hydrogen) atoms. The number of hydroxylamine groups is 1. The molecule has 2 aromatic carbocycles. The number of hydrogen-bond acceptors (Lipinski definition) is 5. The van der Waals surface area contributed by atoms with E-state index in [1.54, 1.807) is 4.90 Å². The minimum Gasteiger partial charge on any atom is -0.343 e. The van der Waals surface area contributed by atoms with E-state index in [0.717, 1.165) is 50.9 Å². The fraction of sp³-hybridized carbons (Fsp3) is 0.429. The van der Waals surface area contributed by atoms with E-state index in [-0.39, 0.29) is 24.3 Å². The van der Waals surface area contributed by atoms with E-state index >= 15 is 0 Å². The van der Waals surface area contributed by atoms with Crippen LogP contribution in [0, 0.1) is 11.8 Å². The molecule has 0 unspecified atom stereocenters. The van der Waals surface area contributed by atoms with Crippen molar-refractivity contribution in [1.82, 2.24) is 20.3 Å². The molecule has 2 aliphatic heterocycles. The molecule has 8 nitrogen and oxygen atoms in total. The van der Waals surface area contributed by atoms with Crippen LogP contribution in [0.2, 0.25) is 5.02 Å². The van der Waals surface area contributed by atoms with E-state index in [0.29, 0.717) is 51.4 Å². The highest BCUT2D eigenvalue weighted by Crippen LogP contribution is 2.46. The molecule has 1 aliphatic carbocycles. The molecule has 1 aromatic heterocycles. The van der Waals surface area contributed by atoms with Crippen molar-refractivity contribution in [3.8, 4) is 0 Å². The van der Waals surface area contributed by atoms with Crippen molar-refractivity contribution < 1.29 is 19.2 Å². The number of benzene rings is 2. The van der Waals surface area contributed by atoms with Crippen LogP contribution in [0.3, 0.4) is 0 Å². The molecule has 1 atom stereocenters. The number of pyridine rings is 1. The number of nitrogens with one attached hydrogen (secondary N) is 1. The third-order valence-corrected chi connectivity index (χ3v) is 10.9. The van der Waals surface area contributed by atoms with Crippen LogP contribution in [0.25, 0.3) is 0 Å². The Morgan fingerprint density at radius 1 is 0.913 bits per heavy atom. The average molecular weight is 773 g/mol. The summed E-state index contributed by atoms with van der Waals surface area (Å²) in [5.74, 6) is -0.528. The molecule has 6 rings (SSSR count). The predicted molar refractivity (Wildman–Crippen MR) is 183 cm³/mol. The van der Waals surface area contributed by atoms with Crippen LogP contribution in [0.1, 0.15) is 66.0 Å². The number of aromatic nitrogens is 1. The molecule has 242 valence electrons. The van der Waals surface area contributed by atoms with E-state index in [2.05, 4.69) is 49.5 Å². The lowest BCUT2D eigenvalue weighted by molar-refractivity contribution is -0.154. The number of carbonyl (C=O) groups is 3. The molecule has 2 saturated heterocycles. The summed E-state index contributed by atoms with van der Waals surface area (Å²) < 4.78 is 2.01. The van der Waals surface area contributed by atoms with Crippen LogP contribution < -0.4 is 5.48 Å². The van der Waals surface area contributed by atoms with Gasteiger partial charge in [-0.05, 0) is 107 Å². The Kier molecular flexibility index (Phi) is 10.8. The van der Waals surface area contributed by atoms with Crippen molar-refractivity contribution in [1.29, 1.82) is 0 Å². The molecular formula is C35H37Br2ClN4O4. The first kappa shape index (κ1) is 33.1. The second kappa shape index (κ2) is 15.0. The highest BCUT2D eigenvalue weighted by atomic mass is 79.9. The number of likely N-dealkylation sites (tertiary alicyclic amines) is 2. The van der Waals surface area contributed by atoms with Gasteiger partial charge in [-0.1, -0.05) is 57.9 Å². The Labute approximate surface area is 291 Å². The first-order valence-corrected chi connectivity index (χ1v) is 17.9. The van der Waals surface area contributed by atoms with Crippen LogP contribution in [0.15, 0.2) is 63.7 Å². The Hall–Kier alpha value is -2.79. The Balaban J connectivity index is 1.01. The molecule has 0 spiro atoms. The van der Waals surface area contributed by atoms with Gasteiger partial charge < -0.3 is 9.80 Å². The van der Waals surface area contributed by atoms with Gasteiger partial charge in [0.15, 0.2) is 0 Å². The Morgan fingerprint density at radius 2 is 1.61 bits per heavy atom. The minimum absolute atomic E-state index is 0.132. The number of amides is 3. The number of halogens is 3. The monoisotopic (exact) mass is 770 g/mol. The maximum absolute atomic E-state index is 13.4. The zero-order chi connectivity index (χ0) is 32.2. The lowest BCUT2D eigenvalue weighted by atomic mass is 9.76. The van der Waals surface area contributed by atoms with Crippen LogP contribution in [-0.4, -0.2) is 58.7 Å². The topological polar surface area (TPSA) is 91.8 Å². The number of nitrogens with zero attached hydrogens (tertiary/aromatic N) is 3. The summed E-state index contributed by atoms with van der Waals surface area (Å²) in [4.78, 5) is 52.1. The average Bonchev–Trinajstić information content (AvgIpc) is 3.22. The molecule has 3 aromatic rings. The van der Waals surface area contributed by atoms with Crippen molar-refractivity contribution in [3.05, 3.63) is 96.6 Å². The fourth-order valence-corrected chi connectivity index (χ4v) is 8.67.